The fourth-order valence-electron chi connectivity index (χ4n) is 9.16. The first kappa shape index (κ1) is 61.9. The van der Waals surface area contributed by atoms with E-state index in [2.05, 4.69) is 31.3 Å². The van der Waals surface area contributed by atoms with Crippen molar-refractivity contribution in [2.24, 2.45) is 0 Å². The maximum atomic E-state index is 13.1. The summed E-state index contributed by atoms with van der Waals surface area (Å²) in [4.78, 5) is 13.1. The highest BCUT2D eigenvalue weighted by molar-refractivity contribution is 5.80. The van der Waals surface area contributed by atoms with Crippen molar-refractivity contribution < 1.29 is 44.9 Å². The molecule has 1 rings (SSSR count). The first-order chi connectivity index (χ1) is 31.8. The van der Waals surface area contributed by atoms with Crippen molar-refractivity contribution >= 4 is 5.91 Å². The van der Waals surface area contributed by atoms with Crippen molar-refractivity contribution in [1.82, 2.24) is 5.32 Å². The first-order valence-corrected chi connectivity index (χ1v) is 28.0. The molecule has 0 saturated carbocycles. The predicted molar refractivity (Wildman–Crippen MR) is 269 cm³/mol. The summed E-state index contributed by atoms with van der Waals surface area (Å²) in [6, 6.07) is -0.891. The molecule has 8 unspecified atom stereocenters. The second kappa shape index (κ2) is 45.3. The third-order valence-electron chi connectivity index (χ3n) is 13.7. The molecule has 0 aromatic carbocycles. The molecule has 0 bridgehead atoms. The number of rotatable bonds is 48. The van der Waals surface area contributed by atoms with E-state index in [0.717, 1.165) is 51.4 Å². The molecule has 0 aromatic heterocycles. The minimum Gasteiger partial charge on any atom is -0.394 e. The van der Waals surface area contributed by atoms with Gasteiger partial charge in [0.2, 0.25) is 5.91 Å². The van der Waals surface area contributed by atoms with Crippen LogP contribution < -0.4 is 5.32 Å². The Morgan fingerprint density at radius 3 is 1.25 bits per heavy atom. The second-order valence-electron chi connectivity index (χ2n) is 19.9. The third kappa shape index (κ3) is 34.8. The maximum absolute atomic E-state index is 13.1. The minimum atomic E-state index is -1.59. The summed E-state index contributed by atoms with van der Waals surface area (Å²) in [6.07, 6.45) is 44.3. The number of ether oxygens (including phenoxy) is 2. The van der Waals surface area contributed by atoms with Crippen molar-refractivity contribution in [3.05, 3.63) is 12.2 Å². The number of aliphatic hydroxyl groups is 6. The molecule has 10 heteroatoms. The van der Waals surface area contributed by atoms with E-state index in [9.17, 15) is 35.4 Å². The highest BCUT2D eigenvalue weighted by atomic mass is 16.7. The summed E-state index contributed by atoms with van der Waals surface area (Å²) in [5.74, 6) is -0.581. The minimum absolute atomic E-state index is 0.252. The second-order valence-corrected chi connectivity index (χ2v) is 19.9. The van der Waals surface area contributed by atoms with Gasteiger partial charge in [-0.05, 0) is 38.5 Å². The van der Waals surface area contributed by atoms with Crippen molar-refractivity contribution in [1.29, 1.82) is 0 Å². The molecule has 1 fully saturated rings. The van der Waals surface area contributed by atoms with Gasteiger partial charge in [-0.25, -0.2) is 0 Å². The van der Waals surface area contributed by atoms with Gasteiger partial charge in [-0.3, -0.25) is 4.79 Å². The molecule has 0 aromatic rings. The van der Waals surface area contributed by atoms with Crippen LogP contribution in [-0.4, -0.2) is 98.7 Å². The molecule has 0 aliphatic carbocycles. The molecule has 386 valence electrons. The van der Waals surface area contributed by atoms with Crippen molar-refractivity contribution in [2.45, 2.75) is 320 Å². The molecule has 1 amide bonds. The number of carbonyl (C=O) groups excluding carboxylic acids is 1. The number of allylic oxidation sites excluding steroid dienone is 2. The van der Waals surface area contributed by atoms with Crippen LogP contribution in [0.3, 0.4) is 0 Å². The zero-order valence-corrected chi connectivity index (χ0v) is 42.4. The molecule has 7 N–H and O–H groups in total. The van der Waals surface area contributed by atoms with Crippen LogP contribution in [0.5, 0.6) is 0 Å². The van der Waals surface area contributed by atoms with E-state index in [0.29, 0.717) is 12.8 Å². The van der Waals surface area contributed by atoms with E-state index in [1.165, 1.54) is 193 Å². The SMILES string of the molecule is CCCCCCCCCCCCCC/C=C\CCCCCCCCCCCCCCC(O)C(=O)NC(COC1OC(CO)C(O)C(O)C1O)C(O)CCCCCCCCCCCCCC. The number of aliphatic hydroxyl groups excluding tert-OH is 6. The third-order valence-corrected chi connectivity index (χ3v) is 13.7. The Balaban J connectivity index is 2.18. The molecule has 1 saturated heterocycles. The predicted octanol–water partition coefficient (Wildman–Crippen LogP) is 12.2. The van der Waals surface area contributed by atoms with Crippen LogP contribution in [0.15, 0.2) is 12.2 Å². The van der Waals surface area contributed by atoms with Crippen LogP contribution in [0.4, 0.5) is 0 Å². The Hall–Kier alpha value is -1.11. The van der Waals surface area contributed by atoms with Gasteiger partial charge >= 0.3 is 0 Å². The summed E-state index contributed by atoms with van der Waals surface area (Å²) < 4.78 is 11.2. The number of unbranched alkanes of at least 4 members (excludes halogenated alkanes) is 35. The lowest BCUT2D eigenvalue weighted by Gasteiger charge is -2.40. The Kier molecular flexibility index (Phi) is 43.2. The van der Waals surface area contributed by atoms with Gasteiger partial charge in [-0.2, -0.15) is 0 Å². The average Bonchev–Trinajstić information content (AvgIpc) is 3.31. The van der Waals surface area contributed by atoms with Gasteiger partial charge in [-0.15, -0.1) is 0 Å². The maximum Gasteiger partial charge on any atom is 0.249 e. The molecule has 8 atom stereocenters. The Bertz CT molecular complexity index is 1050. The number of amides is 1. The summed E-state index contributed by atoms with van der Waals surface area (Å²) >= 11 is 0. The molecular weight excluding hydrogens is 819 g/mol. The largest absolute Gasteiger partial charge is 0.394 e. The van der Waals surface area contributed by atoms with Gasteiger partial charge in [0.15, 0.2) is 6.29 Å². The Morgan fingerprint density at radius 1 is 0.508 bits per heavy atom. The highest BCUT2D eigenvalue weighted by Gasteiger charge is 2.44. The fraction of sp³-hybridized carbons (Fsp3) is 0.945. The van der Waals surface area contributed by atoms with Gasteiger partial charge in [0.1, 0.15) is 30.5 Å². The van der Waals surface area contributed by atoms with Crippen LogP contribution >= 0.6 is 0 Å². The zero-order chi connectivity index (χ0) is 47.4. The van der Waals surface area contributed by atoms with E-state index >= 15 is 0 Å². The number of hydrogen-bond donors (Lipinski definition) is 7. The van der Waals surface area contributed by atoms with Crippen molar-refractivity contribution in [3.8, 4) is 0 Å². The molecule has 1 heterocycles. The van der Waals surface area contributed by atoms with Crippen molar-refractivity contribution in [3.63, 3.8) is 0 Å². The van der Waals surface area contributed by atoms with Gasteiger partial charge in [-0.1, -0.05) is 244 Å². The molecule has 65 heavy (non-hydrogen) atoms. The summed E-state index contributed by atoms with van der Waals surface area (Å²) in [5, 5.41) is 65.0. The van der Waals surface area contributed by atoms with E-state index < -0.39 is 61.5 Å². The van der Waals surface area contributed by atoms with Crippen LogP contribution in [0.25, 0.3) is 0 Å². The van der Waals surface area contributed by atoms with Crippen LogP contribution in [0, 0.1) is 0 Å². The Labute approximate surface area is 399 Å². The quantitative estimate of drug-likeness (QED) is 0.0232. The summed E-state index contributed by atoms with van der Waals surface area (Å²) in [6.45, 7) is 3.69. The molecular formula is C55H107NO9. The lowest BCUT2D eigenvalue weighted by atomic mass is 9.99. The average molecular weight is 926 g/mol. The smallest absolute Gasteiger partial charge is 0.249 e. The molecule has 1 aliphatic heterocycles. The van der Waals surface area contributed by atoms with Gasteiger partial charge in [0.25, 0.3) is 0 Å². The molecule has 10 nitrogen and oxygen atoms in total. The standard InChI is InChI=1S/C55H107NO9/c1-3-5-7-9-11-13-15-17-18-19-20-21-22-23-24-25-26-27-28-29-30-31-32-34-36-38-40-42-44-49(59)54(63)56-47(46-64-55-53(62)52(61)51(60)50(45-57)65-55)48(58)43-41-39-37-35-33-16-14-12-10-8-6-4-2/h23-24,47-53,55,57-62H,3-22,25-46H2,1-2H3,(H,56,63)/b24-23-. The summed E-state index contributed by atoms with van der Waals surface area (Å²) in [5.41, 5.74) is 0. The Morgan fingerprint density at radius 2 is 0.862 bits per heavy atom. The molecule has 0 spiro atoms. The van der Waals surface area contributed by atoms with E-state index in [4.69, 9.17) is 9.47 Å². The number of hydrogen-bond acceptors (Lipinski definition) is 9. The zero-order valence-electron chi connectivity index (χ0n) is 42.4. The number of nitrogens with one attached hydrogen (secondary N) is 1. The normalized spacial score (nSPS) is 20.4. The lowest BCUT2D eigenvalue weighted by molar-refractivity contribution is -0.302. The van der Waals surface area contributed by atoms with E-state index in [1.807, 2.05) is 0 Å². The highest BCUT2D eigenvalue weighted by Crippen LogP contribution is 2.23. The van der Waals surface area contributed by atoms with Crippen molar-refractivity contribution in [2.75, 3.05) is 13.2 Å². The topological polar surface area (TPSA) is 169 Å². The fourth-order valence-corrected chi connectivity index (χ4v) is 9.16. The van der Waals surface area contributed by atoms with E-state index in [-0.39, 0.29) is 6.61 Å². The molecule has 1 aliphatic rings. The van der Waals surface area contributed by atoms with Crippen LogP contribution in [0.1, 0.15) is 271 Å². The first-order valence-electron chi connectivity index (χ1n) is 28.0. The molecule has 0 radical (unpaired) electrons. The summed E-state index contributed by atoms with van der Waals surface area (Å²) in [7, 11) is 0. The number of carbonyl (C=O) groups is 1. The van der Waals surface area contributed by atoms with Crippen LogP contribution in [0.2, 0.25) is 0 Å². The van der Waals surface area contributed by atoms with Gasteiger partial charge in [0, 0.05) is 0 Å². The monoisotopic (exact) mass is 926 g/mol. The van der Waals surface area contributed by atoms with Gasteiger partial charge < -0.3 is 45.4 Å². The van der Waals surface area contributed by atoms with Crippen LogP contribution in [-0.2, 0) is 14.3 Å². The van der Waals surface area contributed by atoms with E-state index in [1.54, 1.807) is 0 Å². The lowest BCUT2D eigenvalue weighted by Crippen LogP contribution is -2.60. The van der Waals surface area contributed by atoms with Gasteiger partial charge in [0.05, 0.1) is 25.4 Å².